The fourth-order valence-electron chi connectivity index (χ4n) is 3.38. The van der Waals surface area contributed by atoms with Gasteiger partial charge in [0.1, 0.15) is 11.6 Å². The van der Waals surface area contributed by atoms with E-state index >= 15 is 0 Å². The largest absolute Gasteiger partial charge is 0.411 e. The van der Waals surface area contributed by atoms with Gasteiger partial charge in [-0.15, -0.1) is 10.2 Å². The number of anilines is 1. The van der Waals surface area contributed by atoms with Crippen molar-refractivity contribution in [2.75, 3.05) is 24.2 Å². The molecule has 2 heterocycles. The van der Waals surface area contributed by atoms with Crippen molar-refractivity contribution in [1.29, 1.82) is 0 Å². The van der Waals surface area contributed by atoms with E-state index in [-0.39, 0.29) is 27.4 Å². The minimum absolute atomic E-state index is 0.00366. The van der Waals surface area contributed by atoms with Crippen molar-refractivity contribution < 1.29 is 26.4 Å². The molecule has 3 aromatic rings. The van der Waals surface area contributed by atoms with Crippen LogP contribution >= 0.6 is 11.8 Å². The minimum atomic E-state index is -3.61. The third-order valence-corrected chi connectivity index (χ3v) is 7.63. The van der Waals surface area contributed by atoms with E-state index in [9.17, 15) is 22.0 Å². The highest BCUT2D eigenvalue weighted by Crippen LogP contribution is 2.27. The topological polar surface area (TPSA) is 105 Å². The molecule has 0 radical (unpaired) electrons. The maximum Gasteiger partial charge on any atom is 0.277 e. The van der Waals surface area contributed by atoms with E-state index in [1.807, 2.05) is 0 Å². The minimum Gasteiger partial charge on any atom is -0.411 e. The lowest BCUT2D eigenvalue weighted by Gasteiger charge is -2.25. The van der Waals surface area contributed by atoms with Crippen LogP contribution in [0.3, 0.4) is 0 Å². The normalized spacial score (nSPS) is 14.8. The van der Waals surface area contributed by atoms with Crippen molar-refractivity contribution in [1.82, 2.24) is 14.5 Å². The lowest BCUT2D eigenvalue weighted by atomic mass is 10.2. The Labute approximate surface area is 193 Å². The molecule has 1 aliphatic heterocycles. The average Bonchev–Trinajstić information content (AvgIpc) is 3.27. The van der Waals surface area contributed by atoms with Gasteiger partial charge in [-0.1, -0.05) is 24.2 Å². The summed E-state index contributed by atoms with van der Waals surface area (Å²) in [7, 11) is -3.61. The van der Waals surface area contributed by atoms with E-state index < -0.39 is 27.6 Å². The van der Waals surface area contributed by atoms with Crippen LogP contribution in [0.2, 0.25) is 0 Å². The molecular weight excluding hydrogens is 474 g/mol. The van der Waals surface area contributed by atoms with Gasteiger partial charge in [0.25, 0.3) is 5.22 Å². The zero-order chi connectivity index (χ0) is 23.4. The number of thioether (sulfide) groups is 1. The molecule has 0 bridgehead atoms. The van der Waals surface area contributed by atoms with Crippen LogP contribution in [-0.2, 0) is 14.8 Å². The Hall–Kier alpha value is -2.83. The van der Waals surface area contributed by atoms with Crippen LogP contribution < -0.4 is 5.32 Å². The van der Waals surface area contributed by atoms with Crippen molar-refractivity contribution in [3.63, 3.8) is 0 Å². The second-order valence-electron chi connectivity index (χ2n) is 7.36. The van der Waals surface area contributed by atoms with Crippen LogP contribution in [0, 0.1) is 11.6 Å². The molecule has 1 amide bonds. The lowest BCUT2D eigenvalue weighted by Crippen LogP contribution is -2.35. The molecule has 0 unspecified atom stereocenters. The molecule has 0 spiro atoms. The molecule has 1 N–H and O–H groups in total. The van der Waals surface area contributed by atoms with Crippen LogP contribution in [0.5, 0.6) is 0 Å². The standard InChI is InChI=1S/C21H20F2N4O4S2/c22-15-10-16(23)12-17(11-15)24-19(28)13-32-21-26-25-20(31-21)14-5-4-6-18(9-14)33(29,30)27-7-2-1-3-8-27/h4-6,9-12H,1-3,7-8,13H2,(H,24,28). The first kappa shape index (κ1) is 23.3. The number of hydrogen-bond acceptors (Lipinski definition) is 7. The number of piperidine rings is 1. The van der Waals surface area contributed by atoms with E-state index in [4.69, 9.17) is 4.42 Å². The maximum atomic E-state index is 13.2. The van der Waals surface area contributed by atoms with E-state index in [1.54, 1.807) is 12.1 Å². The van der Waals surface area contributed by atoms with Crippen LogP contribution in [0.25, 0.3) is 11.5 Å². The fraction of sp³-hybridized carbons (Fsp3) is 0.286. The Balaban J connectivity index is 1.41. The summed E-state index contributed by atoms with van der Waals surface area (Å²) in [6.07, 6.45) is 2.70. The molecule has 12 heteroatoms. The van der Waals surface area contributed by atoms with Crippen molar-refractivity contribution in [3.8, 4) is 11.5 Å². The van der Waals surface area contributed by atoms with Gasteiger partial charge in [-0.2, -0.15) is 4.31 Å². The molecule has 1 aromatic heterocycles. The van der Waals surface area contributed by atoms with Gasteiger partial charge in [0.05, 0.1) is 10.6 Å². The van der Waals surface area contributed by atoms with Gasteiger partial charge in [0.15, 0.2) is 0 Å². The summed E-state index contributed by atoms with van der Waals surface area (Å²) in [5.74, 6) is -2.14. The molecule has 1 fully saturated rings. The van der Waals surface area contributed by atoms with Crippen LogP contribution in [0.1, 0.15) is 19.3 Å². The number of rotatable bonds is 7. The molecule has 1 aliphatic rings. The number of nitrogens with one attached hydrogen (secondary N) is 1. The van der Waals surface area contributed by atoms with E-state index in [0.29, 0.717) is 24.7 Å². The van der Waals surface area contributed by atoms with Crippen LogP contribution in [-0.4, -0.2) is 47.7 Å². The number of carbonyl (C=O) groups is 1. The molecular formula is C21H20F2N4O4S2. The summed E-state index contributed by atoms with van der Waals surface area (Å²) < 4.78 is 59.3. The number of sulfonamides is 1. The molecule has 0 saturated carbocycles. The molecule has 1 saturated heterocycles. The second kappa shape index (κ2) is 9.98. The monoisotopic (exact) mass is 494 g/mol. The van der Waals surface area contributed by atoms with Gasteiger partial charge in [-0.05, 0) is 43.2 Å². The summed E-state index contributed by atoms with van der Waals surface area (Å²) in [5, 5.41) is 10.3. The summed E-state index contributed by atoms with van der Waals surface area (Å²) >= 11 is 0.938. The van der Waals surface area contributed by atoms with Gasteiger partial charge >= 0.3 is 0 Å². The molecule has 2 aromatic carbocycles. The van der Waals surface area contributed by atoms with Gasteiger partial charge in [0, 0.05) is 30.4 Å². The molecule has 4 rings (SSSR count). The third kappa shape index (κ3) is 5.75. The lowest BCUT2D eigenvalue weighted by molar-refractivity contribution is -0.113. The number of carbonyl (C=O) groups excluding carboxylic acids is 1. The average molecular weight is 495 g/mol. The molecule has 33 heavy (non-hydrogen) atoms. The molecule has 0 aliphatic carbocycles. The van der Waals surface area contributed by atoms with Gasteiger partial charge in [-0.3, -0.25) is 4.79 Å². The Morgan fingerprint density at radius 3 is 2.52 bits per heavy atom. The van der Waals surface area contributed by atoms with Crippen molar-refractivity contribution in [3.05, 3.63) is 54.1 Å². The number of benzene rings is 2. The Morgan fingerprint density at radius 1 is 1.06 bits per heavy atom. The van der Waals surface area contributed by atoms with E-state index in [0.717, 1.165) is 43.2 Å². The molecule has 0 atom stereocenters. The highest BCUT2D eigenvalue weighted by atomic mass is 32.2. The Kier molecular flexibility index (Phi) is 7.05. The third-order valence-electron chi connectivity index (χ3n) is 4.91. The first-order valence-corrected chi connectivity index (χ1v) is 12.6. The number of nitrogens with zero attached hydrogens (tertiary/aromatic N) is 3. The summed E-state index contributed by atoms with van der Waals surface area (Å²) in [6, 6.07) is 8.98. The first-order valence-electron chi connectivity index (χ1n) is 10.1. The van der Waals surface area contributed by atoms with Crippen LogP contribution in [0.4, 0.5) is 14.5 Å². The van der Waals surface area contributed by atoms with E-state index in [2.05, 4.69) is 15.5 Å². The Morgan fingerprint density at radius 2 is 1.79 bits per heavy atom. The van der Waals surface area contributed by atoms with Crippen LogP contribution in [0.15, 0.2) is 57.0 Å². The number of amides is 1. The predicted octanol–water partition coefficient (Wildman–Crippen LogP) is 3.92. The van der Waals surface area contributed by atoms with Crippen molar-refractivity contribution >= 4 is 33.4 Å². The zero-order valence-corrected chi connectivity index (χ0v) is 19.0. The maximum absolute atomic E-state index is 13.2. The van der Waals surface area contributed by atoms with E-state index in [1.165, 1.54) is 16.4 Å². The zero-order valence-electron chi connectivity index (χ0n) is 17.3. The van der Waals surface area contributed by atoms with Crippen molar-refractivity contribution in [2.24, 2.45) is 0 Å². The predicted molar refractivity (Wildman–Crippen MR) is 118 cm³/mol. The highest BCUT2D eigenvalue weighted by molar-refractivity contribution is 7.99. The summed E-state index contributed by atoms with van der Waals surface area (Å²) in [4.78, 5) is 12.2. The molecule has 8 nitrogen and oxygen atoms in total. The smallest absolute Gasteiger partial charge is 0.277 e. The number of halogens is 2. The fourth-order valence-corrected chi connectivity index (χ4v) is 5.51. The quantitative estimate of drug-likeness (QED) is 0.496. The Bertz CT molecular complexity index is 1240. The van der Waals surface area contributed by atoms with Crippen molar-refractivity contribution in [2.45, 2.75) is 29.4 Å². The number of hydrogen-bond donors (Lipinski definition) is 1. The SMILES string of the molecule is O=C(CSc1nnc(-c2cccc(S(=O)(=O)N3CCCCC3)c2)o1)Nc1cc(F)cc(F)c1. The molecule has 174 valence electrons. The number of aromatic nitrogens is 2. The van der Waals surface area contributed by atoms with Gasteiger partial charge < -0.3 is 9.73 Å². The van der Waals surface area contributed by atoms with Gasteiger partial charge in [0.2, 0.25) is 21.8 Å². The summed E-state index contributed by atoms with van der Waals surface area (Å²) in [6.45, 7) is 0.996. The summed E-state index contributed by atoms with van der Waals surface area (Å²) in [5.41, 5.74) is 0.433. The first-order chi connectivity index (χ1) is 15.8. The van der Waals surface area contributed by atoms with Gasteiger partial charge in [-0.25, -0.2) is 17.2 Å². The highest BCUT2D eigenvalue weighted by Gasteiger charge is 2.26. The second-order valence-corrected chi connectivity index (χ2v) is 10.2.